The first-order valence-corrected chi connectivity index (χ1v) is 14.8. The zero-order valence-electron chi connectivity index (χ0n) is 22.9. The molecular weight excluding hydrogens is 560 g/mol. The first-order valence-electron chi connectivity index (χ1n) is 12.6. The lowest BCUT2D eigenvalue weighted by atomic mass is 9.88. The van der Waals surface area contributed by atoms with Gasteiger partial charge in [-0.3, -0.25) is 13.8 Å². The van der Waals surface area contributed by atoms with Crippen LogP contribution in [0.25, 0.3) is 11.1 Å². The van der Waals surface area contributed by atoms with Crippen molar-refractivity contribution in [3.8, 4) is 11.1 Å². The molecule has 0 saturated carbocycles. The summed E-state index contributed by atoms with van der Waals surface area (Å²) in [4.78, 5) is 26.4. The van der Waals surface area contributed by atoms with E-state index in [9.17, 15) is 27.0 Å². The molecule has 0 aliphatic heterocycles. The van der Waals surface area contributed by atoms with Crippen molar-refractivity contribution in [2.24, 2.45) is 7.05 Å². The Morgan fingerprint density at radius 3 is 2.30 bits per heavy atom. The van der Waals surface area contributed by atoms with Crippen LogP contribution in [0.2, 0.25) is 0 Å². The van der Waals surface area contributed by atoms with Gasteiger partial charge in [-0.1, -0.05) is 6.92 Å². The largest absolute Gasteiger partial charge is 0.760 e. The number of carbonyl (C=O) groups is 1. The molecular formula is C28H32F2N3O5S2-. The number of nitrogens with zero attached hydrogens (tertiary/aromatic N) is 1. The van der Waals surface area contributed by atoms with E-state index in [1.54, 1.807) is 0 Å². The summed E-state index contributed by atoms with van der Waals surface area (Å²) < 4.78 is 69.7. The molecule has 3 aromatic rings. The fourth-order valence-electron chi connectivity index (χ4n) is 4.08. The third-order valence-electron chi connectivity index (χ3n) is 6.29. The molecule has 0 aliphatic rings. The van der Waals surface area contributed by atoms with Crippen LogP contribution in [-0.4, -0.2) is 34.6 Å². The lowest BCUT2D eigenvalue weighted by molar-refractivity contribution is 0.103. The molecule has 2 aromatic carbocycles. The molecule has 0 amide bonds. The molecule has 0 fully saturated rings. The summed E-state index contributed by atoms with van der Waals surface area (Å²) in [6, 6.07) is 8.21. The van der Waals surface area contributed by atoms with Gasteiger partial charge in [-0.2, -0.15) is 0 Å². The fraction of sp³-hybridized carbons (Fsp3) is 0.357. The Bertz CT molecular complexity index is 1500. The number of hydrogen-bond acceptors (Lipinski definition) is 5. The Morgan fingerprint density at radius 1 is 1.07 bits per heavy atom. The average molecular weight is 593 g/mol. The van der Waals surface area contributed by atoms with E-state index < -0.39 is 50.5 Å². The Labute approximate surface area is 237 Å². The van der Waals surface area contributed by atoms with Crippen LogP contribution in [0.5, 0.6) is 0 Å². The van der Waals surface area contributed by atoms with Crippen molar-refractivity contribution < 1.29 is 26.5 Å². The van der Waals surface area contributed by atoms with Crippen molar-refractivity contribution in [2.75, 3.05) is 6.54 Å². The van der Waals surface area contributed by atoms with Crippen molar-refractivity contribution in [3.63, 3.8) is 0 Å². The predicted molar refractivity (Wildman–Crippen MR) is 152 cm³/mol. The number of benzene rings is 2. The van der Waals surface area contributed by atoms with Crippen LogP contribution in [0.15, 0.2) is 53.5 Å². The van der Waals surface area contributed by atoms with E-state index in [4.69, 9.17) is 0 Å². The highest BCUT2D eigenvalue weighted by atomic mass is 32.2. The van der Waals surface area contributed by atoms with Crippen LogP contribution >= 0.6 is 0 Å². The Kier molecular flexibility index (Phi) is 10.4. The van der Waals surface area contributed by atoms with E-state index in [1.807, 2.05) is 27.7 Å². The minimum Gasteiger partial charge on any atom is -0.760 e. The van der Waals surface area contributed by atoms with Gasteiger partial charge in [0.05, 0.1) is 15.7 Å². The second kappa shape index (κ2) is 13.2. The van der Waals surface area contributed by atoms with Crippen LogP contribution in [-0.2, 0) is 35.7 Å². The van der Waals surface area contributed by atoms with E-state index in [1.165, 1.54) is 42.1 Å². The third kappa shape index (κ3) is 7.64. The quantitative estimate of drug-likeness (QED) is 0.258. The molecule has 2 N–H and O–H groups in total. The normalized spacial score (nSPS) is 14.1. The van der Waals surface area contributed by atoms with Crippen molar-refractivity contribution in [1.82, 2.24) is 14.0 Å². The van der Waals surface area contributed by atoms with Crippen LogP contribution < -0.4 is 15.0 Å². The molecule has 0 aliphatic carbocycles. The topological polar surface area (TPSA) is 120 Å². The number of aromatic nitrogens is 1. The maximum atomic E-state index is 15.3. The number of aryl methyl sites for hydroxylation is 1. The Balaban J connectivity index is 2.28. The van der Waals surface area contributed by atoms with Gasteiger partial charge in [-0.05, 0) is 86.7 Å². The van der Waals surface area contributed by atoms with Crippen LogP contribution in [0, 0.1) is 11.6 Å². The zero-order valence-corrected chi connectivity index (χ0v) is 24.5. The van der Waals surface area contributed by atoms with Crippen LogP contribution in [0.1, 0.15) is 67.2 Å². The van der Waals surface area contributed by atoms with Crippen molar-refractivity contribution in [3.05, 3.63) is 92.9 Å². The zero-order chi connectivity index (χ0) is 29.8. The standard InChI is InChI=1S/C28H33F2N3O5S2/c1-6-25(32-39(36)28(2,3)4)21-15-26(34)33(5)16-23(21)20-13-18(11-12-31-40(37)38)24(30)14-22(20)27(35)17-7-9-19(29)10-8-17/h7-10,13-16,25,31-32H,6,11-12H2,1-5H3,(H,37,38)/p-1/t25-,39-/m0/s1. The summed E-state index contributed by atoms with van der Waals surface area (Å²) in [6.45, 7) is 7.20. The summed E-state index contributed by atoms with van der Waals surface area (Å²) in [6.07, 6.45) is 1.96. The van der Waals surface area contributed by atoms with Crippen molar-refractivity contribution in [1.29, 1.82) is 0 Å². The highest BCUT2D eigenvalue weighted by molar-refractivity contribution is 7.84. The van der Waals surface area contributed by atoms with Gasteiger partial charge in [0.25, 0.3) is 5.56 Å². The monoisotopic (exact) mass is 592 g/mol. The van der Waals surface area contributed by atoms with Crippen LogP contribution in [0.4, 0.5) is 8.78 Å². The summed E-state index contributed by atoms with van der Waals surface area (Å²) in [5, 5.41) is 0. The molecule has 0 saturated heterocycles. The van der Waals surface area contributed by atoms with Gasteiger partial charge in [0.2, 0.25) is 0 Å². The Hall–Kier alpha value is -2.90. The SMILES string of the molecule is CC[C@H](N[S@@](=O)C(C)(C)C)c1cc(=O)n(C)cc1-c1cc(CCNS(=O)[O-])c(F)cc1C(=O)c1ccc(F)cc1. The van der Waals surface area contributed by atoms with E-state index in [2.05, 4.69) is 9.44 Å². The maximum Gasteiger partial charge on any atom is 0.250 e. The molecule has 216 valence electrons. The van der Waals surface area contributed by atoms with Crippen molar-refractivity contribution in [2.45, 2.75) is 51.3 Å². The van der Waals surface area contributed by atoms with E-state index in [0.717, 1.165) is 18.2 Å². The molecule has 0 spiro atoms. The minimum atomic E-state index is -2.54. The second-order valence-electron chi connectivity index (χ2n) is 10.3. The van der Waals surface area contributed by atoms with Gasteiger partial charge in [-0.25, -0.2) is 22.4 Å². The molecule has 3 rings (SSSR count). The van der Waals surface area contributed by atoms with Crippen molar-refractivity contribution >= 4 is 28.0 Å². The van der Waals surface area contributed by atoms with Gasteiger partial charge in [-0.15, -0.1) is 0 Å². The molecule has 1 heterocycles. The highest BCUT2D eigenvalue weighted by Crippen LogP contribution is 2.35. The molecule has 1 unspecified atom stereocenters. The van der Waals surface area contributed by atoms with Gasteiger partial charge < -0.3 is 9.12 Å². The first-order chi connectivity index (χ1) is 18.7. The summed E-state index contributed by atoms with van der Waals surface area (Å²) in [7, 11) is 0.0430. The predicted octanol–water partition coefficient (Wildman–Crippen LogP) is 3.99. The van der Waals surface area contributed by atoms with E-state index in [-0.39, 0.29) is 35.2 Å². The summed E-state index contributed by atoms with van der Waals surface area (Å²) in [5.41, 5.74) is 1.09. The van der Waals surface area contributed by atoms with E-state index >= 15 is 4.39 Å². The lowest BCUT2D eigenvalue weighted by Crippen LogP contribution is -2.36. The minimum absolute atomic E-state index is 0.0115. The van der Waals surface area contributed by atoms with Crippen LogP contribution in [0.3, 0.4) is 0 Å². The average Bonchev–Trinajstić information content (AvgIpc) is 2.88. The smallest absolute Gasteiger partial charge is 0.250 e. The first kappa shape index (κ1) is 31.6. The summed E-state index contributed by atoms with van der Waals surface area (Å²) >= 11 is -2.54. The highest BCUT2D eigenvalue weighted by Gasteiger charge is 2.27. The molecule has 40 heavy (non-hydrogen) atoms. The van der Waals surface area contributed by atoms with E-state index in [0.29, 0.717) is 23.1 Å². The second-order valence-corrected chi connectivity index (χ2v) is 13.0. The molecule has 0 bridgehead atoms. The summed E-state index contributed by atoms with van der Waals surface area (Å²) in [5.74, 6) is -1.83. The number of ketones is 1. The molecule has 1 aromatic heterocycles. The molecule has 12 heteroatoms. The van der Waals surface area contributed by atoms with Gasteiger partial charge in [0.15, 0.2) is 5.78 Å². The fourth-order valence-corrected chi connectivity index (χ4v) is 5.25. The number of halogens is 2. The maximum absolute atomic E-state index is 15.3. The number of carbonyl (C=O) groups excluding carboxylic acids is 1. The third-order valence-corrected chi connectivity index (χ3v) is 8.34. The number of pyridine rings is 1. The van der Waals surface area contributed by atoms with Gasteiger partial charge in [0, 0.05) is 59.9 Å². The molecule has 8 nitrogen and oxygen atoms in total. The molecule has 3 atom stereocenters. The number of hydrogen-bond donors (Lipinski definition) is 2. The lowest BCUT2D eigenvalue weighted by Gasteiger charge is -2.26. The number of nitrogens with one attached hydrogen (secondary N) is 2. The van der Waals surface area contributed by atoms with Gasteiger partial charge >= 0.3 is 0 Å². The Morgan fingerprint density at radius 2 is 1.73 bits per heavy atom. The molecule has 0 radical (unpaired) electrons. The van der Waals surface area contributed by atoms with Gasteiger partial charge in [0.1, 0.15) is 11.6 Å². The number of rotatable bonds is 11.